The Balaban J connectivity index is 1.90. The number of hydrogen-bond donors (Lipinski definition) is 0. The summed E-state index contributed by atoms with van der Waals surface area (Å²) >= 11 is 0. The molecule has 0 atom stereocenters. The second kappa shape index (κ2) is 5.85. The van der Waals surface area contributed by atoms with Crippen LogP contribution < -0.4 is 0 Å². The largest absolute Gasteiger partial charge is 0.232 e. The summed E-state index contributed by atoms with van der Waals surface area (Å²) in [7, 11) is 0. The van der Waals surface area contributed by atoms with Gasteiger partial charge in [-0.05, 0) is 23.9 Å². The van der Waals surface area contributed by atoms with Crippen LogP contribution in [-0.2, 0) is 0 Å². The molecule has 2 heterocycles. The third-order valence-electron chi connectivity index (χ3n) is 4.94. The van der Waals surface area contributed by atoms with E-state index in [0.29, 0.717) is 0 Å². The van der Waals surface area contributed by atoms with Gasteiger partial charge in [-0.2, -0.15) is 5.10 Å². The van der Waals surface area contributed by atoms with Gasteiger partial charge in [0.2, 0.25) is 0 Å². The van der Waals surface area contributed by atoms with Crippen molar-refractivity contribution >= 4 is 16.3 Å². The van der Waals surface area contributed by atoms with Gasteiger partial charge in [0.15, 0.2) is 0 Å². The van der Waals surface area contributed by atoms with Crippen LogP contribution in [0.15, 0.2) is 91.1 Å². The Morgan fingerprint density at radius 1 is 0.731 bits per heavy atom. The number of benzene rings is 3. The molecule has 0 amide bonds. The van der Waals surface area contributed by atoms with Crippen LogP contribution >= 0.6 is 0 Å². The topological polar surface area (TPSA) is 17.3 Å². The fourth-order valence-electron chi connectivity index (χ4n) is 3.60. The minimum atomic E-state index is 1.11. The monoisotopic (exact) mass is 334 g/mol. The van der Waals surface area contributed by atoms with Gasteiger partial charge in [0.25, 0.3) is 0 Å². The summed E-state index contributed by atoms with van der Waals surface area (Å²) in [5, 5.41) is 7.21. The van der Waals surface area contributed by atoms with Gasteiger partial charge in [0.05, 0.1) is 17.4 Å². The second-order valence-corrected chi connectivity index (χ2v) is 6.67. The van der Waals surface area contributed by atoms with Crippen LogP contribution in [0.2, 0.25) is 0 Å². The van der Waals surface area contributed by atoms with E-state index in [-0.39, 0.29) is 0 Å². The maximum Gasteiger partial charge on any atom is 0.0825 e. The Labute approximate surface area is 152 Å². The van der Waals surface area contributed by atoms with Gasteiger partial charge in [-0.15, -0.1) is 0 Å². The van der Waals surface area contributed by atoms with E-state index in [4.69, 9.17) is 5.10 Å². The zero-order valence-electron chi connectivity index (χ0n) is 14.6. The van der Waals surface area contributed by atoms with Gasteiger partial charge in [0.1, 0.15) is 0 Å². The van der Waals surface area contributed by atoms with Gasteiger partial charge >= 0.3 is 0 Å². The molecular weight excluding hydrogens is 316 g/mol. The van der Waals surface area contributed by atoms with Crippen LogP contribution in [0.3, 0.4) is 0 Å². The molecule has 0 aliphatic heterocycles. The van der Waals surface area contributed by atoms with Crippen LogP contribution in [0.4, 0.5) is 0 Å². The Morgan fingerprint density at radius 2 is 1.46 bits per heavy atom. The van der Waals surface area contributed by atoms with Crippen molar-refractivity contribution in [2.24, 2.45) is 0 Å². The van der Waals surface area contributed by atoms with E-state index in [1.807, 2.05) is 12.3 Å². The molecule has 0 unspecified atom stereocenters. The van der Waals surface area contributed by atoms with Crippen molar-refractivity contribution in [2.75, 3.05) is 0 Å². The molecule has 0 spiro atoms. The molecule has 0 saturated carbocycles. The maximum absolute atomic E-state index is 4.76. The SMILES string of the molecule is Cc1ccc(-c2cc3ccccc3c3c(-c4ccccc4)cnn23)cc1. The summed E-state index contributed by atoms with van der Waals surface area (Å²) in [6.07, 6.45) is 1.98. The molecular formula is C24H18N2. The fourth-order valence-corrected chi connectivity index (χ4v) is 3.60. The van der Waals surface area contributed by atoms with Gasteiger partial charge in [-0.1, -0.05) is 84.4 Å². The third kappa shape index (κ3) is 2.31. The van der Waals surface area contributed by atoms with Crippen LogP contribution in [0.5, 0.6) is 0 Å². The van der Waals surface area contributed by atoms with Crippen molar-refractivity contribution < 1.29 is 0 Å². The quantitative estimate of drug-likeness (QED) is 0.379. The summed E-state index contributed by atoms with van der Waals surface area (Å²) in [5.74, 6) is 0. The lowest BCUT2D eigenvalue weighted by Crippen LogP contribution is -1.95. The lowest BCUT2D eigenvalue weighted by atomic mass is 10.0. The second-order valence-electron chi connectivity index (χ2n) is 6.67. The molecule has 0 bridgehead atoms. The Kier molecular flexibility index (Phi) is 3.36. The van der Waals surface area contributed by atoms with Gasteiger partial charge in [-0.25, -0.2) is 4.52 Å². The van der Waals surface area contributed by atoms with E-state index in [9.17, 15) is 0 Å². The number of hydrogen-bond acceptors (Lipinski definition) is 1. The molecule has 124 valence electrons. The molecule has 2 nitrogen and oxygen atoms in total. The Morgan fingerprint density at radius 3 is 2.27 bits per heavy atom. The normalized spacial score (nSPS) is 11.3. The first-order chi connectivity index (χ1) is 12.8. The summed E-state index contributed by atoms with van der Waals surface area (Å²) in [6, 6.07) is 29.9. The molecule has 0 N–H and O–H groups in total. The van der Waals surface area contributed by atoms with E-state index in [0.717, 1.165) is 16.8 Å². The molecule has 0 aliphatic rings. The van der Waals surface area contributed by atoms with Crippen molar-refractivity contribution in [3.8, 4) is 22.4 Å². The number of pyridine rings is 1. The predicted octanol–water partition coefficient (Wildman–Crippen LogP) is 6.13. The number of nitrogens with zero attached hydrogens (tertiary/aromatic N) is 2. The summed E-state index contributed by atoms with van der Waals surface area (Å²) in [5.41, 5.74) is 7.06. The van der Waals surface area contributed by atoms with E-state index in [1.54, 1.807) is 0 Å². The standard InChI is InChI=1S/C24H18N2/c1-17-11-13-19(14-12-17)23-15-20-9-5-6-10-21(20)24-22(16-25-26(23)24)18-7-3-2-4-8-18/h2-16H,1H3. The molecule has 3 aromatic carbocycles. The van der Waals surface area contributed by atoms with Crippen molar-refractivity contribution in [3.05, 3.63) is 96.7 Å². The van der Waals surface area contributed by atoms with Gasteiger partial charge < -0.3 is 0 Å². The van der Waals surface area contributed by atoms with E-state index >= 15 is 0 Å². The summed E-state index contributed by atoms with van der Waals surface area (Å²) < 4.78 is 2.08. The smallest absolute Gasteiger partial charge is 0.0825 e. The van der Waals surface area contributed by atoms with Crippen molar-refractivity contribution in [1.29, 1.82) is 0 Å². The van der Waals surface area contributed by atoms with Crippen LogP contribution in [0.25, 0.3) is 38.7 Å². The minimum absolute atomic E-state index is 1.11. The zero-order valence-corrected chi connectivity index (χ0v) is 14.6. The molecule has 5 aromatic rings. The Hall–Kier alpha value is -3.39. The van der Waals surface area contributed by atoms with Crippen molar-refractivity contribution in [2.45, 2.75) is 6.92 Å². The van der Waals surface area contributed by atoms with E-state index in [1.165, 1.54) is 27.5 Å². The van der Waals surface area contributed by atoms with Gasteiger partial charge in [0, 0.05) is 16.5 Å². The first kappa shape index (κ1) is 14.9. The molecule has 2 aromatic heterocycles. The van der Waals surface area contributed by atoms with Crippen molar-refractivity contribution in [1.82, 2.24) is 9.61 Å². The van der Waals surface area contributed by atoms with E-state index in [2.05, 4.69) is 90.3 Å². The van der Waals surface area contributed by atoms with Crippen molar-refractivity contribution in [3.63, 3.8) is 0 Å². The Bertz CT molecular complexity index is 1220. The highest BCUT2D eigenvalue weighted by atomic mass is 15.2. The molecule has 2 heteroatoms. The third-order valence-corrected chi connectivity index (χ3v) is 4.94. The number of rotatable bonds is 2. The minimum Gasteiger partial charge on any atom is -0.232 e. The molecule has 0 saturated heterocycles. The molecule has 26 heavy (non-hydrogen) atoms. The molecule has 5 rings (SSSR count). The summed E-state index contributed by atoms with van der Waals surface area (Å²) in [4.78, 5) is 0. The summed E-state index contributed by atoms with van der Waals surface area (Å²) in [6.45, 7) is 2.11. The highest BCUT2D eigenvalue weighted by molar-refractivity contribution is 6.04. The number of aryl methyl sites for hydroxylation is 1. The lowest BCUT2D eigenvalue weighted by molar-refractivity contribution is 0.975. The predicted molar refractivity (Wildman–Crippen MR) is 108 cm³/mol. The highest BCUT2D eigenvalue weighted by Crippen LogP contribution is 2.34. The fraction of sp³-hybridized carbons (Fsp3) is 0.0417. The number of fused-ring (bicyclic) bond motifs is 3. The van der Waals surface area contributed by atoms with Crippen LogP contribution in [0, 0.1) is 6.92 Å². The molecule has 0 aliphatic carbocycles. The first-order valence-corrected chi connectivity index (χ1v) is 8.83. The van der Waals surface area contributed by atoms with Gasteiger partial charge in [-0.3, -0.25) is 0 Å². The highest BCUT2D eigenvalue weighted by Gasteiger charge is 2.14. The average Bonchev–Trinajstić information content (AvgIpc) is 3.14. The maximum atomic E-state index is 4.76. The number of aromatic nitrogens is 2. The lowest BCUT2D eigenvalue weighted by Gasteiger charge is -2.10. The average molecular weight is 334 g/mol. The molecule has 0 radical (unpaired) electrons. The molecule has 0 fully saturated rings. The van der Waals surface area contributed by atoms with Crippen LogP contribution in [0.1, 0.15) is 5.56 Å². The zero-order chi connectivity index (χ0) is 17.5. The first-order valence-electron chi connectivity index (χ1n) is 8.83. The van der Waals surface area contributed by atoms with Crippen LogP contribution in [-0.4, -0.2) is 9.61 Å². The van der Waals surface area contributed by atoms with E-state index < -0.39 is 0 Å².